The lowest BCUT2D eigenvalue weighted by molar-refractivity contribution is 0.221. The molecule has 1 aromatic carbocycles. The number of pyridine rings is 1. The van der Waals surface area contributed by atoms with Crippen LogP contribution in [-0.4, -0.2) is 24.8 Å². The highest BCUT2D eigenvalue weighted by Gasteiger charge is 2.27. The molecule has 5 nitrogen and oxygen atoms in total. The molecule has 146 valence electrons. The Bertz CT molecular complexity index is 995. The first kappa shape index (κ1) is 19.7. The summed E-state index contributed by atoms with van der Waals surface area (Å²) in [6.07, 6.45) is 4.70. The summed E-state index contributed by atoms with van der Waals surface area (Å²) in [7, 11) is -1.40. The van der Waals surface area contributed by atoms with Crippen LogP contribution in [0, 0.1) is 6.92 Å². The zero-order valence-corrected chi connectivity index (χ0v) is 17.2. The van der Waals surface area contributed by atoms with E-state index in [1.165, 1.54) is 0 Å². The SMILES string of the molecule is CCCC1Cc2cc(CS(=O)(=O)CC)cc(-c3cc(C)c(=O)n(C)c3)c2O1. The quantitative estimate of drug-likeness (QED) is 0.759. The van der Waals surface area contributed by atoms with Crippen molar-refractivity contribution in [3.63, 3.8) is 0 Å². The molecule has 0 N–H and O–H groups in total. The molecule has 3 rings (SSSR count). The van der Waals surface area contributed by atoms with Gasteiger partial charge in [0.15, 0.2) is 9.84 Å². The molecule has 0 saturated carbocycles. The van der Waals surface area contributed by atoms with Gasteiger partial charge < -0.3 is 9.30 Å². The molecule has 1 aromatic heterocycles. The Hall–Kier alpha value is -2.08. The van der Waals surface area contributed by atoms with Gasteiger partial charge >= 0.3 is 0 Å². The number of benzene rings is 1. The maximum absolute atomic E-state index is 12.2. The highest BCUT2D eigenvalue weighted by molar-refractivity contribution is 7.90. The van der Waals surface area contributed by atoms with E-state index in [1.54, 1.807) is 31.7 Å². The van der Waals surface area contributed by atoms with Crippen LogP contribution in [0.3, 0.4) is 0 Å². The lowest BCUT2D eigenvalue weighted by Crippen LogP contribution is -2.18. The number of aryl methyl sites for hydroxylation is 2. The molecule has 6 heteroatoms. The first-order valence-electron chi connectivity index (χ1n) is 9.44. The van der Waals surface area contributed by atoms with E-state index in [9.17, 15) is 13.2 Å². The van der Waals surface area contributed by atoms with Gasteiger partial charge in [0, 0.05) is 42.1 Å². The number of aromatic nitrogens is 1. The van der Waals surface area contributed by atoms with Gasteiger partial charge in [-0.15, -0.1) is 0 Å². The summed E-state index contributed by atoms with van der Waals surface area (Å²) in [5, 5.41) is 0. The minimum Gasteiger partial charge on any atom is -0.489 e. The second-order valence-corrected chi connectivity index (χ2v) is 9.72. The Labute approximate surface area is 160 Å². The second kappa shape index (κ2) is 7.50. The van der Waals surface area contributed by atoms with Gasteiger partial charge in [-0.3, -0.25) is 4.79 Å². The summed E-state index contributed by atoms with van der Waals surface area (Å²) in [6.45, 7) is 5.58. The Balaban J connectivity index is 2.15. The van der Waals surface area contributed by atoms with Gasteiger partial charge in [0.25, 0.3) is 5.56 Å². The predicted octanol–water partition coefficient (Wildman–Crippen LogP) is 3.40. The molecule has 1 atom stereocenters. The summed E-state index contributed by atoms with van der Waals surface area (Å²) in [4.78, 5) is 12.1. The predicted molar refractivity (Wildman–Crippen MR) is 108 cm³/mol. The van der Waals surface area contributed by atoms with Crippen LogP contribution in [0.4, 0.5) is 0 Å². The first-order chi connectivity index (χ1) is 12.7. The molecule has 0 saturated heterocycles. The molecule has 2 heterocycles. The number of ether oxygens (including phenoxy) is 1. The third-order valence-electron chi connectivity index (χ3n) is 5.07. The molecule has 0 fully saturated rings. The summed E-state index contributed by atoms with van der Waals surface area (Å²) in [5.41, 5.74) is 4.18. The number of sulfone groups is 1. The van der Waals surface area contributed by atoms with Gasteiger partial charge in [0.2, 0.25) is 0 Å². The molecule has 0 radical (unpaired) electrons. The first-order valence-corrected chi connectivity index (χ1v) is 11.3. The van der Waals surface area contributed by atoms with Gasteiger partial charge in [-0.2, -0.15) is 0 Å². The lowest BCUT2D eigenvalue weighted by atomic mass is 9.97. The second-order valence-electron chi connectivity index (χ2n) is 7.37. The normalized spacial score (nSPS) is 16.2. The van der Waals surface area contributed by atoms with Crippen LogP contribution in [0.5, 0.6) is 5.75 Å². The maximum Gasteiger partial charge on any atom is 0.253 e. The van der Waals surface area contributed by atoms with Gasteiger partial charge in [0.1, 0.15) is 11.9 Å². The molecule has 0 amide bonds. The van der Waals surface area contributed by atoms with Crippen molar-refractivity contribution >= 4 is 9.84 Å². The minimum absolute atomic E-state index is 0.0208. The average molecular weight is 390 g/mol. The van der Waals surface area contributed by atoms with Gasteiger partial charge in [-0.1, -0.05) is 26.3 Å². The van der Waals surface area contributed by atoms with Crippen LogP contribution in [0.15, 0.2) is 29.2 Å². The van der Waals surface area contributed by atoms with Crippen molar-refractivity contribution in [1.29, 1.82) is 0 Å². The number of nitrogens with zero attached hydrogens (tertiary/aromatic N) is 1. The summed E-state index contributed by atoms with van der Waals surface area (Å²) in [5.74, 6) is 0.962. The highest BCUT2D eigenvalue weighted by Crippen LogP contribution is 2.41. The monoisotopic (exact) mass is 389 g/mol. The maximum atomic E-state index is 12.2. The molecule has 0 aliphatic carbocycles. The van der Waals surface area contributed by atoms with Crippen LogP contribution < -0.4 is 10.3 Å². The zero-order valence-electron chi connectivity index (χ0n) is 16.4. The summed E-state index contributed by atoms with van der Waals surface area (Å²) >= 11 is 0. The van der Waals surface area contributed by atoms with Crippen molar-refractivity contribution < 1.29 is 13.2 Å². The smallest absolute Gasteiger partial charge is 0.253 e. The van der Waals surface area contributed by atoms with Gasteiger partial charge in [-0.05, 0) is 36.6 Å². The number of rotatable bonds is 6. The molecular formula is C21H27NO4S. The fourth-order valence-corrected chi connectivity index (χ4v) is 4.54. The molecular weight excluding hydrogens is 362 g/mol. The Morgan fingerprint density at radius 3 is 2.59 bits per heavy atom. The van der Waals surface area contributed by atoms with E-state index in [4.69, 9.17) is 4.74 Å². The van der Waals surface area contributed by atoms with Crippen molar-refractivity contribution in [3.05, 3.63) is 51.4 Å². The van der Waals surface area contributed by atoms with Gasteiger partial charge in [0.05, 0.1) is 5.75 Å². The van der Waals surface area contributed by atoms with Crippen molar-refractivity contribution in [2.75, 3.05) is 5.75 Å². The summed E-state index contributed by atoms with van der Waals surface area (Å²) < 4.78 is 32.1. The standard InChI is InChI=1S/C21H27NO4S/c1-5-7-18-11-16-9-15(13-27(24,25)6-2)10-19(20(16)26-18)17-8-14(3)21(23)22(4)12-17/h8-10,12,18H,5-7,11,13H2,1-4H3. The fourth-order valence-electron chi connectivity index (χ4n) is 3.66. The molecule has 1 aliphatic heterocycles. The van der Waals surface area contributed by atoms with E-state index in [0.29, 0.717) is 5.56 Å². The molecule has 1 unspecified atom stereocenters. The molecule has 2 aromatic rings. The fraction of sp³-hybridized carbons (Fsp3) is 0.476. The number of fused-ring (bicyclic) bond motifs is 1. The van der Waals surface area contributed by atoms with E-state index < -0.39 is 9.84 Å². The third kappa shape index (κ3) is 4.10. The highest BCUT2D eigenvalue weighted by atomic mass is 32.2. The van der Waals surface area contributed by atoms with E-state index in [2.05, 4.69) is 6.92 Å². The van der Waals surface area contributed by atoms with Crippen molar-refractivity contribution in [1.82, 2.24) is 4.57 Å². The Morgan fingerprint density at radius 1 is 1.22 bits per heavy atom. The number of hydrogen-bond acceptors (Lipinski definition) is 4. The van der Waals surface area contributed by atoms with E-state index in [-0.39, 0.29) is 23.2 Å². The average Bonchev–Trinajstić information content (AvgIpc) is 3.01. The zero-order chi connectivity index (χ0) is 19.8. The van der Waals surface area contributed by atoms with Crippen LogP contribution >= 0.6 is 0 Å². The van der Waals surface area contributed by atoms with Crippen molar-refractivity contribution in [2.24, 2.45) is 7.05 Å². The van der Waals surface area contributed by atoms with Crippen molar-refractivity contribution in [2.45, 2.75) is 51.9 Å². The largest absolute Gasteiger partial charge is 0.489 e. The van der Waals surface area contributed by atoms with Crippen LogP contribution in [0.25, 0.3) is 11.1 Å². The Morgan fingerprint density at radius 2 is 1.96 bits per heavy atom. The van der Waals surface area contributed by atoms with E-state index >= 15 is 0 Å². The van der Waals surface area contributed by atoms with Crippen LogP contribution in [-0.2, 0) is 29.1 Å². The Kier molecular flexibility index (Phi) is 5.47. The topological polar surface area (TPSA) is 65.4 Å². The van der Waals surface area contributed by atoms with E-state index in [0.717, 1.165) is 47.3 Å². The lowest BCUT2D eigenvalue weighted by Gasteiger charge is -2.14. The van der Waals surface area contributed by atoms with Crippen molar-refractivity contribution in [3.8, 4) is 16.9 Å². The number of hydrogen-bond donors (Lipinski definition) is 0. The van der Waals surface area contributed by atoms with E-state index in [1.807, 2.05) is 18.2 Å². The van der Waals surface area contributed by atoms with Crippen LogP contribution in [0.1, 0.15) is 43.4 Å². The molecule has 27 heavy (non-hydrogen) atoms. The summed E-state index contributed by atoms with van der Waals surface area (Å²) in [6, 6.07) is 5.72. The molecule has 0 bridgehead atoms. The van der Waals surface area contributed by atoms with Gasteiger partial charge in [-0.25, -0.2) is 8.42 Å². The molecule has 1 aliphatic rings. The molecule has 0 spiro atoms. The minimum atomic E-state index is -3.13. The third-order valence-corrected chi connectivity index (χ3v) is 6.72. The van der Waals surface area contributed by atoms with Crippen LogP contribution in [0.2, 0.25) is 0 Å².